The third kappa shape index (κ3) is 3.25. The van der Waals surface area contributed by atoms with Crippen LogP contribution in [-0.2, 0) is 0 Å². The normalized spacial score (nSPS) is 10.3. The molecule has 0 fully saturated rings. The Morgan fingerprint density at radius 3 is 2.62 bits per heavy atom. The van der Waals surface area contributed by atoms with Crippen LogP contribution in [0.15, 0.2) is 24.4 Å². The molecule has 0 aliphatic heterocycles. The summed E-state index contributed by atoms with van der Waals surface area (Å²) in [6.45, 7) is 0. The number of nitrogens with zero attached hydrogens (tertiary/aromatic N) is 1. The third-order valence-corrected chi connectivity index (χ3v) is 2.90. The van der Waals surface area contributed by atoms with E-state index in [0.29, 0.717) is 18.0 Å². The van der Waals surface area contributed by atoms with Gasteiger partial charge < -0.3 is 10.6 Å². The lowest BCUT2D eigenvalue weighted by atomic mass is 10.2. The molecule has 2 rings (SSSR count). The van der Waals surface area contributed by atoms with Crippen molar-refractivity contribution in [2.24, 2.45) is 0 Å². The van der Waals surface area contributed by atoms with Crippen molar-refractivity contribution in [2.75, 3.05) is 17.7 Å². The highest BCUT2D eigenvalue weighted by Gasteiger charge is 2.17. The average Bonchev–Trinajstić information content (AvgIpc) is 2.44. The summed E-state index contributed by atoms with van der Waals surface area (Å²) in [6.07, 6.45) is 1.23. The van der Waals surface area contributed by atoms with E-state index in [2.05, 4.69) is 15.6 Å². The number of rotatable bonds is 3. The van der Waals surface area contributed by atoms with Gasteiger partial charge in [0.15, 0.2) is 11.6 Å². The minimum Gasteiger partial charge on any atom is -0.373 e. The number of anilines is 2. The number of nitrogens with one attached hydrogen (secondary N) is 2. The molecule has 110 valence electrons. The van der Waals surface area contributed by atoms with Crippen LogP contribution in [0.5, 0.6) is 0 Å². The summed E-state index contributed by atoms with van der Waals surface area (Å²) in [5.41, 5.74) is -0.628. The highest BCUT2D eigenvalue weighted by atomic mass is 35.5. The SMILES string of the molecule is CNc1cc(C(=O)Nc2cc(F)cc(F)c2F)c(Cl)cn1. The summed E-state index contributed by atoms with van der Waals surface area (Å²) in [4.78, 5) is 15.9. The predicted molar refractivity (Wildman–Crippen MR) is 73.1 cm³/mol. The molecule has 0 unspecified atom stereocenters. The largest absolute Gasteiger partial charge is 0.373 e. The summed E-state index contributed by atoms with van der Waals surface area (Å²) in [5, 5.41) is 4.78. The Bertz CT molecular complexity index is 709. The fourth-order valence-electron chi connectivity index (χ4n) is 1.59. The van der Waals surface area contributed by atoms with Crippen molar-refractivity contribution in [1.29, 1.82) is 0 Å². The van der Waals surface area contributed by atoms with Crippen LogP contribution >= 0.6 is 11.6 Å². The van der Waals surface area contributed by atoms with Gasteiger partial charge >= 0.3 is 0 Å². The van der Waals surface area contributed by atoms with Crippen molar-refractivity contribution in [3.05, 3.63) is 52.4 Å². The van der Waals surface area contributed by atoms with E-state index in [1.165, 1.54) is 12.3 Å². The first-order valence-corrected chi connectivity index (χ1v) is 6.09. The molecule has 2 N–H and O–H groups in total. The first kappa shape index (κ1) is 15.1. The zero-order valence-electron chi connectivity index (χ0n) is 10.7. The molecule has 0 atom stereocenters. The molecule has 0 aliphatic rings. The molecule has 1 aromatic carbocycles. The molecule has 0 saturated heterocycles. The Kier molecular flexibility index (Phi) is 4.32. The number of hydrogen-bond donors (Lipinski definition) is 2. The number of halogens is 4. The minimum absolute atomic E-state index is 0.0138. The molecule has 21 heavy (non-hydrogen) atoms. The van der Waals surface area contributed by atoms with Crippen molar-refractivity contribution in [2.45, 2.75) is 0 Å². The summed E-state index contributed by atoms with van der Waals surface area (Å²) in [5.74, 6) is -4.23. The Morgan fingerprint density at radius 2 is 1.95 bits per heavy atom. The van der Waals surface area contributed by atoms with Crippen LogP contribution in [0.3, 0.4) is 0 Å². The lowest BCUT2D eigenvalue weighted by Gasteiger charge is -2.09. The highest BCUT2D eigenvalue weighted by molar-refractivity contribution is 6.34. The molecule has 1 heterocycles. The highest BCUT2D eigenvalue weighted by Crippen LogP contribution is 2.23. The Labute approximate surface area is 122 Å². The average molecular weight is 316 g/mol. The molecule has 8 heteroatoms. The van der Waals surface area contributed by atoms with Gasteiger partial charge in [-0.1, -0.05) is 11.6 Å². The van der Waals surface area contributed by atoms with E-state index >= 15 is 0 Å². The van der Waals surface area contributed by atoms with Gasteiger partial charge in [-0.3, -0.25) is 4.79 Å². The Hall–Kier alpha value is -2.28. The van der Waals surface area contributed by atoms with E-state index in [0.717, 1.165) is 0 Å². The molecule has 0 radical (unpaired) electrons. The number of carbonyl (C=O) groups excluding carboxylic acids is 1. The summed E-state index contributed by atoms with van der Waals surface area (Å²) < 4.78 is 39.6. The lowest BCUT2D eigenvalue weighted by Crippen LogP contribution is -2.15. The number of aromatic nitrogens is 1. The van der Waals surface area contributed by atoms with Crippen LogP contribution in [-0.4, -0.2) is 17.9 Å². The molecule has 1 amide bonds. The Balaban J connectivity index is 2.34. The Morgan fingerprint density at radius 1 is 1.24 bits per heavy atom. The monoisotopic (exact) mass is 315 g/mol. The fraction of sp³-hybridized carbons (Fsp3) is 0.0769. The standard InChI is InChI=1S/C13H9ClF3N3O/c1-18-11-4-7(8(14)5-19-11)13(21)20-10-3-6(15)2-9(16)12(10)17/h2-5H,1H3,(H,18,19)(H,20,21). The van der Waals surface area contributed by atoms with Crippen LogP contribution in [0.4, 0.5) is 24.7 Å². The van der Waals surface area contributed by atoms with Gasteiger partial charge in [-0.25, -0.2) is 18.2 Å². The van der Waals surface area contributed by atoms with Gasteiger partial charge in [-0.2, -0.15) is 0 Å². The smallest absolute Gasteiger partial charge is 0.257 e. The van der Waals surface area contributed by atoms with E-state index in [1.54, 1.807) is 7.05 Å². The maximum Gasteiger partial charge on any atom is 0.257 e. The topological polar surface area (TPSA) is 54.0 Å². The van der Waals surface area contributed by atoms with Crippen molar-refractivity contribution in [3.63, 3.8) is 0 Å². The second-order valence-corrected chi connectivity index (χ2v) is 4.41. The van der Waals surface area contributed by atoms with Gasteiger partial charge in [-0.05, 0) is 6.07 Å². The van der Waals surface area contributed by atoms with Crippen LogP contribution in [0, 0.1) is 17.5 Å². The maximum absolute atomic E-state index is 13.5. The van der Waals surface area contributed by atoms with Crippen LogP contribution in [0.2, 0.25) is 5.02 Å². The summed E-state index contributed by atoms with van der Waals surface area (Å²) >= 11 is 5.82. The maximum atomic E-state index is 13.5. The van der Waals surface area contributed by atoms with Gasteiger partial charge in [0.1, 0.15) is 11.6 Å². The van der Waals surface area contributed by atoms with Gasteiger partial charge in [0.25, 0.3) is 5.91 Å². The molecular weight excluding hydrogens is 307 g/mol. The second kappa shape index (κ2) is 6.01. The van der Waals surface area contributed by atoms with Crippen molar-refractivity contribution >= 4 is 29.0 Å². The van der Waals surface area contributed by atoms with Crippen molar-refractivity contribution in [3.8, 4) is 0 Å². The molecule has 4 nitrogen and oxygen atoms in total. The van der Waals surface area contributed by atoms with Gasteiger partial charge in [0, 0.05) is 25.4 Å². The van der Waals surface area contributed by atoms with Crippen LogP contribution < -0.4 is 10.6 Å². The molecule has 1 aromatic heterocycles. The van der Waals surface area contributed by atoms with Crippen molar-refractivity contribution in [1.82, 2.24) is 4.98 Å². The molecule has 0 bridgehead atoms. The van der Waals surface area contributed by atoms with E-state index < -0.39 is 29.0 Å². The second-order valence-electron chi connectivity index (χ2n) is 4.00. The number of hydrogen-bond acceptors (Lipinski definition) is 3. The summed E-state index contributed by atoms with van der Waals surface area (Å²) in [6, 6.07) is 2.37. The first-order chi connectivity index (χ1) is 9.92. The fourth-order valence-corrected chi connectivity index (χ4v) is 1.78. The van der Waals surface area contributed by atoms with E-state index in [1.807, 2.05) is 0 Å². The quantitative estimate of drug-likeness (QED) is 0.853. The van der Waals surface area contributed by atoms with E-state index in [4.69, 9.17) is 11.6 Å². The number of benzene rings is 1. The zero-order chi connectivity index (χ0) is 15.6. The van der Waals surface area contributed by atoms with Crippen LogP contribution in [0.1, 0.15) is 10.4 Å². The molecule has 0 aliphatic carbocycles. The number of amides is 1. The number of pyridine rings is 1. The van der Waals surface area contributed by atoms with Crippen LogP contribution in [0.25, 0.3) is 0 Å². The van der Waals surface area contributed by atoms with Gasteiger partial charge in [0.2, 0.25) is 0 Å². The predicted octanol–water partition coefficient (Wildman–Crippen LogP) is 3.45. The van der Waals surface area contributed by atoms with Gasteiger partial charge in [-0.15, -0.1) is 0 Å². The molecule has 2 aromatic rings. The first-order valence-electron chi connectivity index (χ1n) is 5.71. The minimum atomic E-state index is -1.40. The zero-order valence-corrected chi connectivity index (χ0v) is 11.4. The summed E-state index contributed by atoms with van der Waals surface area (Å²) in [7, 11) is 1.58. The molecule has 0 saturated carbocycles. The van der Waals surface area contributed by atoms with E-state index in [-0.39, 0.29) is 10.6 Å². The van der Waals surface area contributed by atoms with Crippen molar-refractivity contribution < 1.29 is 18.0 Å². The molecular formula is C13H9ClF3N3O. The number of carbonyl (C=O) groups is 1. The van der Waals surface area contributed by atoms with E-state index in [9.17, 15) is 18.0 Å². The van der Waals surface area contributed by atoms with Gasteiger partial charge in [0.05, 0.1) is 16.3 Å². The third-order valence-electron chi connectivity index (χ3n) is 2.60. The lowest BCUT2D eigenvalue weighted by molar-refractivity contribution is 0.102. The molecule has 0 spiro atoms.